The molecule has 2 N–H and O–H groups in total. The van der Waals surface area contributed by atoms with Gasteiger partial charge in [-0.1, -0.05) is 18.2 Å². The summed E-state index contributed by atoms with van der Waals surface area (Å²) in [4.78, 5) is 18.9. The quantitative estimate of drug-likeness (QED) is 0.784. The molecule has 0 aliphatic carbocycles. The molecule has 144 valence electrons. The molecule has 1 unspecified atom stereocenters. The van der Waals surface area contributed by atoms with Crippen LogP contribution in [-0.4, -0.2) is 49.1 Å². The fraction of sp³-hybridized carbons (Fsp3) is 0.444. The van der Waals surface area contributed by atoms with Gasteiger partial charge in [0.15, 0.2) is 0 Å². The number of carbonyl (C=O) groups excluding carboxylic acids is 1. The van der Waals surface area contributed by atoms with Crippen molar-refractivity contribution in [2.24, 2.45) is 0 Å². The standard InChI is InChI=1S/C18H24N4OS.2ClH/c1-22(2)17-9-13(15-5-3-4-6-16(15)21-17)11-20-18(23)10-14-12-24-8-7-19-14;;/h3-6,9,14,19H,7-8,10-12H2,1-2H3,(H,20,23);2*1H. The second-order valence-electron chi connectivity index (χ2n) is 6.26. The number of halogens is 2. The van der Waals surface area contributed by atoms with Crippen molar-refractivity contribution >= 4 is 59.2 Å². The summed E-state index contributed by atoms with van der Waals surface area (Å²) in [6.45, 7) is 1.52. The maximum atomic E-state index is 12.3. The number of amides is 1. The molecule has 0 radical (unpaired) electrons. The van der Waals surface area contributed by atoms with Crippen LogP contribution in [0.1, 0.15) is 12.0 Å². The summed E-state index contributed by atoms with van der Waals surface area (Å²) < 4.78 is 0. The van der Waals surface area contributed by atoms with Gasteiger partial charge in [0.05, 0.1) is 5.52 Å². The lowest BCUT2D eigenvalue weighted by Gasteiger charge is -2.22. The topological polar surface area (TPSA) is 57.3 Å². The Morgan fingerprint density at radius 2 is 2.12 bits per heavy atom. The van der Waals surface area contributed by atoms with E-state index >= 15 is 0 Å². The summed E-state index contributed by atoms with van der Waals surface area (Å²) in [5.41, 5.74) is 2.06. The highest BCUT2D eigenvalue weighted by Crippen LogP contribution is 2.22. The smallest absolute Gasteiger partial charge is 0.221 e. The van der Waals surface area contributed by atoms with E-state index in [2.05, 4.69) is 27.8 Å². The van der Waals surface area contributed by atoms with Crippen LogP contribution in [0.25, 0.3) is 10.9 Å². The molecular weight excluding hydrogens is 391 g/mol. The Hall–Kier alpha value is -1.21. The Morgan fingerprint density at radius 3 is 2.81 bits per heavy atom. The third kappa shape index (κ3) is 5.91. The summed E-state index contributed by atoms with van der Waals surface area (Å²) in [5.74, 6) is 3.15. The Bertz CT molecular complexity index is 723. The number of hydrogen-bond acceptors (Lipinski definition) is 5. The van der Waals surface area contributed by atoms with Crippen molar-refractivity contribution in [3.63, 3.8) is 0 Å². The molecular formula is C18H26Cl2N4OS. The summed E-state index contributed by atoms with van der Waals surface area (Å²) in [7, 11) is 3.96. The fourth-order valence-electron chi connectivity index (χ4n) is 2.85. The predicted octanol–water partition coefficient (Wildman–Crippen LogP) is 2.86. The summed E-state index contributed by atoms with van der Waals surface area (Å²) >= 11 is 1.91. The van der Waals surface area contributed by atoms with Crippen LogP contribution in [0, 0.1) is 0 Å². The first-order chi connectivity index (χ1) is 11.6. The van der Waals surface area contributed by atoms with Crippen molar-refractivity contribution in [1.29, 1.82) is 0 Å². The number of benzene rings is 1. The van der Waals surface area contributed by atoms with Crippen molar-refractivity contribution in [3.8, 4) is 0 Å². The van der Waals surface area contributed by atoms with Gasteiger partial charge >= 0.3 is 0 Å². The van der Waals surface area contributed by atoms with Gasteiger partial charge < -0.3 is 15.5 Å². The first kappa shape index (κ1) is 22.8. The van der Waals surface area contributed by atoms with Gasteiger partial charge in [-0.3, -0.25) is 4.79 Å². The number of hydrogen-bond donors (Lipinski definition) is 2. The Labute approximate surface area is 171 Å². The number of carbonyl (C=O) groups is 1. The van der Waals surface area contributed by atoms with Crippen LogP contribution in [0.5, 0.6) is 0 Å². The SMILES string of the molecule is CN(C)c1cc(CNC(=O)CC2CSCCN2)c2ccccc2n1.Cl.Cl. The first-order valence-corrected chi connectivity index (χ1v) is 9.43. The van der Waals surface area contributed by atoms with Gasteiger partial charge in [-0.05, 0) is 17.7 Å². The third-order valence-electron chi connectivity index (χ3n) is 4.15. The molecule has 8 heteroatoms. The Morgan fingerprint density at radius 1 is 1.35 bits per heavy atom. The van der Waals surface area contributed by atoms with Gasteiger partial charge in [-0.15, -0.1) is 24.8 Å². The van der Waals surface area contributed by atoms with Crippen LogP contribution in [0.3, 0.4) is 0 Å². The van der Waals surface area contributed by atoms with E-state index in [1.54, 1.807) is 0 Å². The van der Waals surface area contributed by atoms with Crippen molar-refractivity contribution in [2.45, 2.75) is 19.0 Å². The zero-order valence-corrected chi connectivity index (χ0v) is 17.5. The molecule has 0 saturated carbocycles. The van der Waals surface area contributed by atoms with Gasteiger partial charge in [0, 0.05) is 56.5 Å². The van der Waals surface area contributed by atoms with E-state index in [1.165, 1.54) is 0 Å². The van der Waals surface area contributed by atoms with Gasteiger partial charge in [-0.2, -0.15) is 11.8 Å². The number of nitrogens with zero attached hydrogens (tertiary/aromatic N) is 2. The van der Waals surface area contributed by atoms with Crippen molar-refractivity contribution in [3.05, 3.63) is 35.9 Å². The number of aromatic nitrogens is 1. The number of fused-ring (bicyclic) bond motifs is 1. The second kappa shape index (κ2) is 10.8. The fourth-order valence-corrected chi connectivity index (χ4v) is 3.80. The third-order valence-corrected chi connectivity index (χ3v) is 5.28. The molecule has 0 spiro atoms. The average Bonchev–Trinajstić information content (AvgIpc) is 2.60. The molecule has 1 aromatic heterocycles. The Kier molecular flexibility index (Phi) is 9.50. The molecule has 0 bridgehead atoms. The van der Waals surface area contributed by atoms with Gasteiger partial charge in [0.25, 0.3) is 0 Å². The average molecular weight is 417 g/mol. The van der Waals surface area contributed by atoms with Crippen LogP contribution in [0.15, 0.2) is 30.3 Å². The molecule has 2 heterocycles. The molecule has 1 aromatic carbocycles. The molecule has 1 aliphatic heterocycles. The lowest BCUT2D eigenvalue weighted by molar-refractivity contribution is -0.121. The number of anilines is 1. The Balaban J connectivity index is 0.00000169. The van der Waals surface area contributed by atoms with E-state index in [-0.39, 0.29) is 36.8 Å². The number of pyridine rings is 1. The van der Waals surface area contributed by atoms with Crippen LogP contribution in [0.2, 0.25) is 0 Å². The summed E-state index contributed by atoms with van der Waals surface area (Å²) in [5, 5.41) is 7.57. The van der Waals surface area contributed by atoms with Crippen molar-refractivity contribution in [1.82, 2.24) is 15.6 Å². The van der Waals surface area contributed by atoms with Crippen molar-refractivity contribution < 1.29 is 4.79 Å². The molecule has 5 nitrogen and oxygen atoms in total. The highest BCUT2D eigenvalue weighted by molar-refractivity contribution is 7.99. The minimum atomic E-state index is 0. The molecule has 1 amide bonds. The molecule has 1 saturated heterocycles. The predicted molar refractivity (Wildman–Crippen MR) is 116 cm³/mol. The largest absolute Gasteiger partial charge is 0.363 e. The highest BCUT2D eigenvalue weighted by atomic mass is 35.5. The molecule has 2 aromatic rings. The lowest BCUT2D eigenvalue weighted by Crippen LogP contribution is -2.41. The monoisotopic (exact) mass is 416 g/mol. The first-order valence-electron chi connectivity index (χ1n) is 8.27. The molecule has 26 heavy (non-hydrogen) atoms. The van der Waals surface area contributed by atoms with Gasteiger partial charge in [0.2, 0.25) is 5.91 Å². The zero-order valence-electron chi connectivity index (χ0n) is 15.0. The summed E-state index contributed by atoms with van der Waals surface area (Å²) in [6, 6.07) is 10.4. The minimum Gasteiger partial charge on any atom is -0.363 e. The maximum Gasteiger partial charge on any atom is 0.221 e. The van der Waals surface area contributed by atoms with E-state index < -0.39 is 0 Å². The van der Waals surface area contributed by atoms with Crippen molar-refractivity contribution in [2.75, 3.05) is 37.0 Å². The zero-order chi connectivity index (χ0) is 16.9. The second-order valence-corrected chi connectivity index (χ2v) is 7.41. The molecule has 1 atom stereocenters. The maximum absolute atomic E-state index is 12.3. The van der Waals surface area contributed by atoms with Gasteiger partial charge in [-0.25, -0.2) is 4.98 Å². The lowest BCUT2D eigenvalue weighted by atomic mass is 10.1. The molecule has 1 aliphatic rings. The van der Waals surface area contributed by atoms with E-state index in [0.717, 1.165) is 40.3 Å². The minimum absolute atomic E-state index is 0. The highest BCUT2D eigenvalue weighted by Gasteiger charge is 2.17. The van der Waals surface area contributed by atoms with E-state index in [1.807, 2.05) is 49.0 Å². The molecule has 1 fully saturated rings. The van der Waals surface area contributed by atoms with E-state index in [9.17, 15) is 4.79 Å². The van der Waals surface area contributed by atoms with Crippen LogP contribution in [-0.2, 0) is 11.3 Å². The number of para-hydroxylation sites is 1. The number of rotatable bonds is 5. The number of nitrogens with one attached hydrogen (secondary N) is 2. The van der Waals surface area contributed by atoms with Crippen LogP contribution in [0.4, 0.5) is 5.82 Å². The van der Waals surface area contributed by atoms with E-state index in [4.69, 9.17) is 0 Å². The van der Waals surface area contributed by atoms with Crippen LogP contribution >= 0.6 is 36.6 Å². The van der Waals surface area contributed by atoms with E-state index in [0.29, 0.717) is 13.0 Å². The number of thioether (sulfide) groups is 1. The molecule has 3 rings (SSSR count). The van der Waals surface area contributed by atoms with Gasteiger partial charge in [0.1, 0.15) is 5.82 Å². The normalized spacial score (nSPS) is 16.3. The summed E-state index contributed by atoms with van der Waals surface area (Å²) in [6.07, 6.45) is 0.538. The van der Waals surface area contributed by atoms with Crippen LogP contribution < -0.4 is 15.5 Å².